The highest BCUT2D eigenvalue weighted by Gasteiger charge is 2.12. The zero-order chi connectivity index (χ0) is 13.0. The summed E-state index contributed by atoms with van der Waals surface area (Å²) in [7, 11) is 0. The van der Waals surface area contributed by atoms with Crippen molar-refractivity contribution < 1.29 is 9.53 Å². The van der Waals surface area contributed by atoms with Crippen molar-refractivity contribution in [3.8, 4) is 10.7 Å². The molecule has 0 fully saturated rings. The van der Waals surface area contributed by atoms with Crippen LogP contribution in [0.15, 0.2) is 28.2 Å². The van der Waals surface area contributed by atoms with Gasteiger partial charge in [0.15, 0.2) is 0 Å². The maximum Gasteiger partial charge on any atom is 0.311 e. The molecule has 0 saturated heterocycles. The fourth-order valence-corrected chi connectivity index (χ4v) is 2.80. The molecule has 0 saturated carbocycles. The third kappa shape index (κ3) is 3.14. The molecule has 0 unspecified atom stereocenters. The SMILES string of the molecule is CCOC(=O)Cc1csc(-c2ncccc2Br)n1. The third-order valence-electron chi connectivity index (χ3n) is 2.14. The van der Waals surface area contributed by atoms with Crippen LogP contribution >= 0.6 is 27.3 Å². The molecule has 2 heterocycles. The van der Waals surface area contributed by atoms with Crippen molar-refractivity contribution in [1.29, 1.82) is 0 Å². The van der Waals surface area contributed by atoms with Crippen LogP contribution in [0.25, 0.3) is 10.7 Å². The second kappa shape index (κ2) is 6.06. The number of hydrogen-bond donors (Lipinski definition) is 0. The Hall–Kier alpha value is -1.27. The van der Waals surface area contributed by atoms with E-state index in [0.29, 0.717) is 12.3 Å². The molecule has 0 N–H and O–H groups in total. The van der Waals surface area contributed by atoms with Crippen LogP contribution in [-0.4, -0.2) is 22.5 Å². The van der Waals surface area contributed by atoms with E-state index in [1.807, 2.05) is 17.5 Å². The molecular formula is C12H11BrN2O2S. The van der Waals surface area contributed by atoms with E-state index in [0.717, 1.165) is 15.2 Å². The Kier molecular flexibility index (Phi) is 4.43. The van der Waals surface area contributed by atoms with Gasteiger partial charge in [-0.1, -0.05) is 0 Å². The number of esters is 1. The first-order valence-corrected chi connectivity index (χ1v) is 7.09. The van der Waals surface area contributed by atoms with Gasteiger partial charge in [-0.2, -0.15) is 0 Å². The lowest BCUT2D eigenvalue weighted by molar-refractivity contribution is -0.142. The predicted octanol–water partition coefficient (Wildman–Crippen LogP) is 3.07. The zero-order valence-corrected chi connectivity index (χ0v) is 12.1. The highest BCUT2D eigenvalue weighted by molar-refractivity contribution is 9.10. The number of carbonyl (C=O) groups excluding carboxylic acids is 1. The Balaban J connectivity index is 2.16. The molecule has 0 spiro atoms. The minimum Gasteiger partial charge on any atom is -0.466 e. The summed E-state index contributed by atoms with van der Waals surface area (Å²) in [6, 6.07) is 3.76. The molecule has 2 aromatic rings. The second-order valence-corrected chi connectivity index (χ2v) is 5.17. The molecule has 0 bridgehead atoms. The van der Waals surface area contributed by atoms with Gasteiger partial charge in [0.2, 0.25) is 0 Å². The van der Waals surface area contributed by atoms with Gasteiger partial charge in [0.05, 0.1) is 18.7 Å². The van der Waals surface area contributed by atoms with E-state index in [4.69, 9.17) is 4.74 Å². The summed E-state index contributed by atoms with van der Waals surface area (Å²) in [4.78, 5) is 20.0. The average molecular weight is 327 g/mol. The summed E-state index contributed by atoms with van der Waals surface area (Å²) in [5.74, 6) is -0.255. The summed E-state index contributed by atoms with van der Waals surface area (Å²) in [5, 5.41) is 2.65. The maximum absolute atomic E-state index is 11.3. The Labute approximate surface area is 117 Å². The van der Waals surface area contributed by atoms with Crippen LogP contribution in [0.4, 0.5) is 0 Å². The molecule has 0 aliphatic heterocycles. The molecule has 2 rings (SSSR count). The second-order valence-electron chi connectivity index (χ2n) is 3.46. The highest BCUT2D eigenvalue weighted by atomic mass is 79.9. The van der Waals surface area contributed by atoms with Crippen LogP contribution in [0.5, 0.6) is 0 Å². The van der Waals surface area contributed by atoms with Gasteiger partial charge >= 0.3 is 5.97 Å². The number of halogens is 1. The number of hydrogen-bond acceptors (Lipinski definition) is 5. The van der Waals surface area contributed by atoms with Crippen molar-refractivity contribution in [2.75, 3.05) is 6.61 Å². The number of rotatable bonds is 4. The van der Waals surface area contributed by atoms with Gasteiger partial charge in [0, 0.05) is 16.0 Å². The number of thiazole rings is 1. The van der Waals surface area contributed by atoms with E-state index < -0.39 is 0 Å². The van der Waals surface area contributed by atoms with Crippen LogP contribution in [0.1, 0.15) is 12.6 Å². The zero-order valence-electron chi connectivity index (χ0n) is 9.72. The van der Waals surface area contributed by atoms with E-state index >= 15 is 0 Å². The maximum atomic E-state index is 11.3. The average Bonchev–Trinajstić information content (AvgIpc) is 2.78. The monoisotopic (exact) mass is 326 g/mol. The molecule has 18 heavy (non-hydrogen) atoms. The Morgan fingerprint density at radius 2 is 2.39 bits per heavy atom. The van der Waals surface area contributed by atoms with Gasteiger partial charge in [-0.15, -0.1) is 11.3 Å². The molecule has 94 valence electrons. The van der Waals surface area contributed by atoms with Crippen molar-refractivity contribution in [3.05, 3.63) is 33.9 Å². The summed E-state index contributed by atoms with van der Waals surface area (Å²) >= 11 is 4.90. The van der Waals surface area contributed by atoms with Crippen LogP contribution in [0.2, 0.25) is 0 Å². The molecule has 4 nitrogen and oxygen atoms in total. The molecule has 0 amide bonds. The van der Waals surface area contributed by atoms with E-state index in [2.05, 4.69) is 25.9 Å². The number of ether oxygens (including phenoxy) is 1. The quantitative estimate of drug-likeness (QED) is 0.810. The number of nitrogens with zero attached hydrogens (tertiary/aromatic N) is 2. The summed E-state index contributed by atoms with van der Waals surface area (Å²) in [6.45, 7) is 2.18. The van der Waals surface area contributed by atoms with Crippen LogP contribution in [0.3, 0.4) is 0 Å². The first-order valence-electron chi connectivity index (χ1n) is 5.41. The normalized spacial score (nSPS) is 10.3. The molecule has 0 atom stereocenters. The van der Waals surface area contributed by atoms with Gasteiger partial charge in [0.25, 0.3) is 0 Å². The van der Waals surface area contributed by atoms with Gasteiger partial charge in [-0.05, 0) is 35.0 Å². The summed E-state index contributed by atoms with van der Waals surface area (Å²) < 4.78 is 5.78. The minimum atomic E-state index is -0.255. The summed E-state index contributed by atoms with van der Waals surface area (Å²) in [5.41, 5.74) is 1.50. The minimum absolute atomic E-state index is 0.203. The Morgan fingerprint density at radius 1 is 1.56 bits per heavy atom. The molecule has 0 aliphatic rings. The molecule has 0 aromatic carbocycles. The van der Waals surface area contributed by atoms with Crippen molar-refractivity contribution in [2.45, 2.75) is 13.3 Å². The summed E-state index contributed by atoms with van der Waals surface area (Å²) in [6.07, 6.45) is 1.92. The smallest absolute Gasteiger partial charge is 0.311 e. The van der Waals surface area contributed by atoms with E-state index in [9.17, 15) is 4.79 Å². The lowest BCUT2D eigenvalue weighted by atomic mass is 10.3. The lowest BCUT2D eigenvalue weighted by Gasteiger charge is -1.99. The van der Waals surface area contributed by atoms with Crippen LogP contribution in [0, 0.1) is 0 Å². The number of aromatic nitrogens is 2. The van der Waals surface area contributed by atoms with E-state index in [1.165, 1.54) is 11.3 Å². The first kappa shape index (κ1) is 13.2. The topological polar surface area (TPSA) is 52.1 Å². The van der Waals surface area contributed by atoms with Crippen LogP contribution < -0.4 is 0 Å². The molecule has 2 aromatic heterocycles. The van der Waals surface area contributed by atoms with Gasteiger partial charge in [-0.3, -0.25) is 9.78 Å². The van der Waals surface area contributed by atoms with Crippen molar-refractivity contribution in [3.63, 3.8) is 0 Å². The Morgan fingerprint density at radius 3 is 3.11 bits per heavy atom. The standard InChI is InChI=1S/C12H11BrN2O2S/c1-2-17-10(16)6-8-7-18-12(15-8)11-9(13)4-3-5-14-11/h3-5,7H,2,6H2,1H3. The van der Waals surface area contributed by atoms with E-state index in [1.54, 1.807) is 13.1 Å². The fraction of sp³-hybridized carbons (Fsp3) is 0.250. The molecular weight excluding hydrogens is 316 g/mol. The Bertz CT molecular complexity index is 557. The van der Waals surface area contributed by atoms with Gasteiger partial charge < -0.3 is 4.74 Å². The van der Waals surface area contributed by atoms with Crippen molar-refractivity contribution in [1.82, 2.24) is 9.97 Å². The highest BCUT2D eigenvalue weighted by Crippen LogP contribution is 2.28. The third-order valence-corrected chi connectivity index (χ3v) is 3.68. The molecule has 0 aliphatic carbocycles. The largest absolute Gasteiger partial charge is 0.466 e. The van der Waals surface area contributed by atoms with Crippen molar-refractivity contribution >= 4 is 33.2 Å². The number of pyridine rings is 1. The van der Waals surface area contributed by atoms with Crippen LogP contribution in [-0.2, 0) is 16.0 Å². The van der Waals surface area contributed by atoms with Gasteiger partial charge in [0.1, 0.15) is 10.7 Å². The predicted molar refractivity (Wildman–Crippen MR) is 73.4 cm³/mol. The first-order chi connectivity index (χ1) is 8.70. The number of carbonyl (C=O) groups is 1. The van der Waals surface area contributed by atoms with E-state index in [-0.39, 0.29) is 12.4 Å². The molecule has 0 radical (unpaired) electrons. The lowest BCUT2D eigenvalue weighted by Crippen LogP contribution is -2.07. The van der Waals surface area contributed by atoms with Crippen molar-refractivity contribution in [2.24, 2.45) is 0 Å². The fourth-order valence-electron chi connectivity index (χ4n) is 1.40. The molecule has 6 heteroatoms. The van der Waals surface area contributed by atoms with Gasteiger partial charge in [-0.25, -0.2) is 4.98 Å².